The van der Waals surface area contributed by atoms with Crippen molar-refractivity contribution in [2.75, 3.05) is 0 Å². The van der Waals surface area contributed by atoms with E-state index < -0.39 is 0 Å². The van der Waals surface area contributed by atoms with Gasteiger partial charge in [0.15, 0.2) is 0 Å². The number of aromatic nitrogens is 2. The van der Waals surface area contributed by atoms with E-state index in [2.05, 4.69) is 86.6 Å². The van der Waals surface area contributed by atoms with Crippen LogP contribution < -0.4 is 0 Å². The van der Waals surface area contributed by atoms with E-state index >= 15 is 0 Å². The summed E-state index contributed by atoms with van der Waals surface area (Å²) in [6.45, 7) is 4.11. The highest BCUT2D eigenvalue weighted by molar-refractivity contribution is 6.12. The molecule has 5 aromatic rings. The largest absolute Gasteiger partial charge is 0.251 e. The van der Waals surface area contributed by atoms with Gasteiger partial charge in [-0.3, -0.25) is 9.97 Å². The van der Waals surface area contributed by atoms with Crippen molar-refractivity contribution in [3.8, 4) is 22.3 Å². The monoisotopic (exact) mass is 424 g/mol. The maximum absolute atomic E-state index is 4.90. The molecule has 5 rings (SSSR count). The minimum absolute atomic E-state index is 0. The number of hydrogen-bond donors (Lipinski definition) is 0. The van der Waals surface area contributed by atoms with Crippen LogP contribution in [-0.2, 0) is 0 Å². The number of benzene rings is 3. The Kier molecular flexibility index (Phi) is 4.85. The Morgan fingerprint density at radius 3 is 1.28 bits per heavy atom. The summed E-state index contributed by atoms with van der Waals surface area (Å²) in [5, 5.41) is 2.28. The van der Waals surface area contributed by atoms with E-state index in [0.29, 0.717) is 0 Å². The Bertz CT molecular complexity index is 1200. The van der Waals surface area contributed by atoms with Gasteiger partial charge in [-0.2, -0.15) is 0 Å². The number of aryl methyl sites for hydroxylation is 2. The predicted molar refractivity (Wildman–Crippen MR) is 124 cm³/mol. The van der Waals surface area contributed by atoms with Crippen LogP contribution in [0.15, 0.2) is 84.9 Å². The zero-order valence-corrected chi connectivity index (χ0v) is 16.0. The summed E-state index contributed by atoms with van der Waals surface area (Å²) in [5.41, 5.74) is 8.76. The second-order valence-corrected chi connectivity index (χ2v) is 7.21. The molecule has 2 aromatic heterocycles. The molecular formula is C27H24N2. The first-order valence-electron chi connectivity index (χ1n) is 9.53. The Balaban J connectivity index is 0.00000205. The average molecular weight is 424 g/mol. The molecule has 0 amide bonds. The van der Waals surface area contributed by atoms with E-state index in [-0.39, 0.29) is 7.43 Å². The highest BCUT2D eigenvalue weighted by atomic mass is 60.0. The summed E-state index contributed by atoms with van der Waals surface area (Å²) in [5.74, 6) is 0. The third-order valence-electron chi connectivity index (χ3n) is 5.18. The van der Waals surface area contributed by atoms with Gasteiger partial charge in [-0.15, -0.1) is 0 Å². The van der Waals surface area contributed by atoms with Crippen molar-refractivity contribution >= 4 is 21.8 Å². The summed E-state index contributed by atoms with van der Waals surface area (Å²) >= 11 is 0. The van der Waals surface area contributed by atoms with Crippen LogP contribution in [0.5, 0.6) is 0 Å². The number of hydrogen-bond acceptors (Lipinski definition) is 2. The second kappa shape index (κ2) is 7.48. The Morgan fingerprint density at radius 2 is 0.897 bits per heavy atom. The third-order valence-corrected chi connectivity index (χ3v) is 5.18. The fraction of sp³-hybridized carbons (Fsp3) is 0.111. The second-order valence-electron chi connectivity index (χ2n) is 7.21. The molecule has 0 bridgehead atoms. The quantitative estimate of drug-likeness (QED) is 0.277. The molecule has 29 heavy (non-hydrogen) atoms. The molecule has 142 valence electrons. The first-order chi connectivity index (χ1) is 13.7. The molecule has 0 aliphatic heterocycles. The molecule has 2 heteroatoms. The van der Waals surface area contributed by atoms with E-state index in [1.165, 1.54) is 22.3 Å². The highest BCUT2D eigenvalue weighted by Gasteiger charge is 2.13. The first kappa shape index (κ1) is 18.8. The van der Waals surface area contributed by atoms with Crippen molar-refractivity contribution in [1.82, 2.24) is 9.97 Å². The molecule has 0 saturated carbocycles. The first-order valence-corrected chi connectivity index (χ1v) is 9.53. The molecule has 3 aromatic carbocycles. The smallest absolute Gasteiger partial charge is 0.0974 e. The van der Waals surface area contributed by atoms with Crippen LogP contribution in [0.3, 0.4) is 0 Å². The lowest BCUT2D eigenvalue weighted by atomic mass is 9.95. The Labute approximate surface area is 171 Å². The maximum atomic E-state index is 4.90. The van der Waals surface area contributed by atoms with Crippen molar-refractivity contribution in [3.63, 3.8) is 0 Å². The molecule has 0 spiro atoms. The predicted octanol–water partition coefficient (Wildman–Crippen LogP) is 7.37. The normalized spacial score (nSPS) is 10.8. The fourth-order valence-electron chi connectivity index (χ4n) is 3.94. The van der Waals surface area contributed by atoms with Gasteiger partial charge in [-0.25, -0.2) is 0 Å². The standard InChI is InChI=1S/C26H20N2.CH4/c1-17-15-23(19-9-5-3-6-10-19)21-13-14-22-24(20-11-7-4-8-12-20)16-18(2)28-26(22)25(21)27-17;/h3-16H,1-2H3;1H4/i;1+48. The van der Waals surface area contributed by atoms with E-state index in [4.69, 9.17) is 9.97 Å². The van der Waals surface area contributed by atoms with Crippen LogP contribution in [0.1, 0.15) is 18.8 Å². The number of rotatable bonds is 2. The molecule has 0 aliphatic carbocycles. The summed E-state index contributed by atoms with van der Waals surface area (Å²) in [6, 6.07) is 29.7. The Hall–Kier alpha value is -3.52. The Morgan fingerprint density at radius 1 is 0.517 bits per heavy atom. The van der Waals surface area contributed by atoms with Gasteiger partial charge in [0.1, 0.15) is 0 Å². The molecule has 0 fully saturated rings. The fourth-order valence-corrected chi connectivity index (χ4v) is 3.94. The summed E-state index contributed by atoms with van der Waals surface area (Å²) in [7, 11) is 0. The van der Waals surface area contributed by atoms with Crippen LogP contribution in [0, 0.1) is 13.8 Å². The van der Waals surface area contributed by atoms with Crippen LogP contribution in [0.25, 0.3) is 44.1 Å². The summed E-state index contributed by atoms with van der Waals surface area (Å²) in [6.07, 6.45) is 0. The van der Waals surface area contributed by atoms with Gasteiger partial charge in [-0.1, -0.05) is 80.2 Å². The van der Waals surface area contributed by atoms with Crippen molar-refractivity contribution in [2.24, 2.45) is 0 Å². The van der Waals surface area contributed by atoms with E-state index in [9.17, 15) is 0 Å². The third kappa shape index (κ3) is 3.27. The summed E-state index contributed by atoms with van der Waals surface area (Å²) in [4.78, 5) is 9.81. The lowest BCUT2D eigenvalue weighted by Gasteiger charge is -2.13. The zero-order valence-electron chi connectivity index (χ0n) is 16.0. The molecule has 0 atom stereocenters. The lowest BCUT2D eigenvalue weighted by Crippen LogP contribution is -1.94. The lowest BCUT2D eigenvalue weighted by molar-refractivity contribution is 1.23. The number of fused-ring (bicyclic) bond motifs is 3. The van der Waals surface area contributed by atoms with E-state index in [0.717, 1.165) is 33.2 Å². The van der Waals surface area contributed by atoms with Gasteiger partial charge in [0, 0.05) is 22.2 Å². The van der Waals surface area contributed by atoms with Crippen LogP contribution >= 0.6 is 0 Å². The minimum atomic E-state index is 0. The topological polar surface area (TPSA) is 25.8 Å². The van der Waals surface area contributed by atoms with E-state index in [1.807, 2.05) is 12.1 Å². The van der Waals surface area contributed by atoms with Gasteiger partial charge in [0.25, 0.3) is 0 Å². The van der Waals surface area contributed by atoms with Crippen LogP contribution in [0.4, 0.5) is 0 Å². The van der Waals surface area contributed by atoms with Gasteiger partial charge >= 0.3 is 0 Å². The van der Waals surface area contributed by atoms with Gasteiger partial charge in [0.05, 0.1) is 11.0 Å². The SMILES string of the molecule is Cc1cc(-c2ccccc2)c2ccc3c(-c4ccccc4)cc(C)nc3c2n1.[60CH4]. The van der Waals surface area contributed by atoms with Crippen molar-refractivity contribution < 1.29 is 0 Å². The molecule has 0 saturated heterocycles. The van der Waals surface area contributed by atoms with Crippen molar-refractivity contribution in [3.05, 3.63) is 96.3 Å². The highest BCUT2D eigenvalue weighted by Crippen LogP contribution is 2.36. The van der Waals surface area contributed by atoms with Gasteiger partial charge in [0.2, 0.25) is 0 Å². The molecular weight excluding hydrogens is 400 g/mol. The average Bonchev–Trinajstić information content (AvgIpc) is 2.74. The molecule has 2 heterocycles. The summed E-state index contributed by atoms with van der Waals surface area (Å²) < 4.78 is 0. The minimum Gasteiger partial charge on any atom is -0.251 e. The van der Waals surface area contributed by atoms with Gasteiger partial charge < -0.3 is 0 Å². The molecule has 0 radical (unpaired) electrons. The van der Waals surface area contributed by atoms with Gasteiger partial charge in [-0.05, 0) is 48.2 Å². The van der Waals surface area contributed by atoms with Crippen molar-refractivity contribution in [1.29, 1.82) is 0 Å². The number of nitrogens with zero attached hydrogens (tertiary/aromatic N) is 2. The zero-order chi connectivity index (χ0) is 19.1. The molecule has 2 nitrogen and oxygen atoms in total. The number of pyridine rings is 2. The molecule has 0 aliphatic rings. The van der Waals surface area contributed by atoms with Crippen LogP contribution in [0.2, 0.25) is 0 Å². The van der Waals surface area contributed by atoms with Crippen LogP contribution in [-0.4, -0.2) is 9.97 Å². The maximum Gasteiger partial charge on any atom is 0.0974 e. The van der Waals surface area contributed by atoms with Crippen molar-refractivity contribution in [2.45, 2.75) is 21.3 Å². The van der Waals surface area contributed by atoms with E-state index in [1.54, 1.807) is 0 Å². The molecule has 0 N–H and O–H groups in total. The molecule has 0 unspecified atom stereocenters.